The van der Waals surface area contributed by atoms with E-state index in [0.29, 0.717) is 11.5 Å². The van der Waals surface area contributed by atoms with E-state index in [1.54, 1.807) is 12.7 Å². The van der Waals surface area contributed by atoms with Crippen molar-refractivity contribution < 1.29 is 0 Å². The average molecular weight is 484 g/mol. The summed E-state index contributed by atoms with van der Waals surface area (Å²) >= 11 is 0. The Morgan fingerprint density at radius 3 is 2.63 bits per heavy atom. The second-order valence-electron chi connectivity index (χ2n) is 7.98. The van der Waals surface area contributed by atoms with Gasteiger partial charge in [0.25, 0.3) is 0 Å². The second kappa shape index (κ2) is 11.3. The maximum absolute atomic E-state index is 4.34. The topological polar surface area (TPSA) is 67.1 Å². The minimum absolute atomic E-state index is 0. The Morgan fingerprint density at radius 2 is 2.00 bits per heavy atom. The number of nitrogens with one attached hydrogen (secondary N) is 2. The Balaban J connectivity index is 0.00000364. The van der Waals surface area contributed by atoms with Crippen LogP contribution >= 0.6 is 24.0 Å². The Morgan fingerprint density at radius 1 is 1.26 bits per heavy atom. The molecule has 2 rings (SSSR count). The van der Waals surface area contributed by atoms with Crippen LogP contribution in [0.5, 0.6) is 0 Å². The number of nitrogens with zero attached hydrogens (tertiary/aromatic N) is 4. The molecule has 2 aromatic rings. The highest BCUT2D eigenvalue weighted by Gasteiger charge is 2.13. The van der Waals surface area contributed by atoms with Gasteiger partial charge in [-0.25, -0.2) is 9.67 Å². The van der Waals surface area contributed by atoms with E-state index in [-0.39, 0.29) is 24.0 Å². The van der Waals surface area contributed by atoms with Gasteiger partial charge in [0.1, 0.15) is 12.7 Å². The fraction of sp³-hybridized carbons (Fsp3) is 0.550. The van der Waals surface area contributed by atoms with Crippen molar-refractivity contribution >= 4 is 29.9 Å². The fourth-order valence-corrected chi connectivity index (χ4v) is 2.67. The molecule has 6 nitrogen and oxygen atoms in total. The molecule has 0 radical (unpaired) electrons. The summed E-state index contributed by atoms with van der Waals surface area (Å²) in [5, 5.41) is 11.0. The number of rotatable bonds is 7. The molecule has 0 aliphatic heterocycles. The van der Waals surface area contributed by atoms with Gasteiger partial charge < -0.3 is 10.6 Å². The van der Waals surface area contributed by atoms with Crippen LogP contribution in [0, 0.1) is 5.41 Å². The number of aliphatic imine (C=N–C) groups is 1. The number of aromatic nitrogens is 3. The van der Waals surface area contributed by atoms with Crippen LogP contribution in [0.2, 0.25) is 0 Å². The summed E-state index contributed by atoms with van der Waals surface area (Å²) in [7, 11) is 1.81. The predicted octanol–water partition coefficient (Wildman–Crippen LogP) is 3.82. The molecule has 0 saturated heterocycles. The summed E-state index contributed by atoms with van der Waals surface area (Å²) < 4.78 is 1.82. The summed E-state index contributed by atoms with van der Waals surface area (Å²) in [4.78, 5) is 8.33. The van der Waals surface area contributed by atoms with Gasteiger partial charge in [0.05, 0.1) is 6.54 Å². The van der Waals surface area contributed by atoms with Gasteiger partial charge in [-0.2, -0.15) is 5.10 Å². The van der Waals surface area contributed by atoms with E-state index in [4.69, 9.17) is 0 Å². The van der Waals surface area contributed by atoms with Gasteiger partial charge >= 0.3 is 0 Å². The lowest BCUT2D eigenvalue weighted by molar-refractivity contribution is 0.346. The van der Waals surface area contributed by atoms with Crippen LogP contribution in [0.1, 0.15) is 51.7 Å². The first-order valence-corrected chi connectivity index (χ1v) is 9.23. The molecule has 2 N–H and O–H groups in total. The first kappa shape index (κ1) is 23.4. The molecule has 0 aliphatic carbocycles. The number of hydrogen-bond donors (Lipinski definition) is 2. The van der Waals surface area contributed by atoms with Gasteiger partial charge in [-0.15, -0.1) is 24.0 Å². The van der Waals surface area contributed by atoms with Gasteiger partial charge in [0.15, 0.2) is 5.96 Å². The molecule has 1 aromatic heterocycles. The molecule has 27 heavy (non-hydrogen) atoms. The summed E-state index contributed by atoms with van der Waals surface area (Å²) in [5.41, 5.74) is 2.78. The number of halogens is 1. The SMILES string of the molecule is CN=C(NCc1cccc(Cn2cncn2)c1)NC(C)CCC(C)(C)C.I. The highest BCUT2D eigenvalue weighted by atomic mass is 127. The molecule has 1 unspecified atom stereocenters. The quantitative estimate of drug-likeness (QED) is 0.356. The van der Waals surface area contributed by atoms with Crippen molar-refractivity contribution in [2.75, 3.05) is 7.05 Å². The fourth-order valence-electron chi connectivity index (χ4n) is 2.67. The van der Waals surface area contributed by atoms with Crippen molar-refractivity contribution in [2.24, 2.45) is 10.4 Å². The molecule has 0 saturated carbocycles. The highest BCUT2D eigenvalue weighted by Crippen LogP contribution is 2.21. The molecule has 0 fully saturated rings. The van der Waals surface area contributed by atoms with E-state index >= 15 is 0 Å². The van der Waals surface area contributed by atoms with Crippen LogP contribution in [0.3, 0.4) is 0 Å². The maximum atomic E-state index is 4.34. The van der Waals surface area contributed by atoms with Crippen molar-refractivity contribution in [3.8, 4) is 0 Å². The second-order valence-corrected chi connectivity index (χ2v) is 7.98. The lowest BCUT2D eigenvalue weighted by Crippen LogP contribution is -2.42. The monoisotopic (exact) mass is 484 g/mol. The number of benzene rings is 1. The zero-order chi connectivity index (χ0) is 19.0. The molecular formula is C20H33IN6. The summed E-state index contributed by atoms with van der Waals surface area (Å²) in [6.07, 6.45) is 5.59. The first-order chi connectivity index (χ1) is 12.4. The van der Waals surface area contributed by atoms with Crippen molar-refractivity contribution in [1.29, 1.82) is 0 Å². The predicted molar refractivity (Wildman–Crippen MR) is 122 cm³/mol. The molecule has 1 heterocycles. The molecule has 0 amide bonds. The Labute approximate surface area is 180 Å². The van der Waals surface area contributed by atoms with E-state index in [1.807, 2.05) is 11.7 Å². The van der Waals surface area contributed by atoms with Gasteiger partial charge in [0.2, 0.25) is 0 Å². The van der Waals surface area contributed by atoms with Crippen molar-refractivity contribution in [2.45, 2.75) is 59.7 Å². The molecule has 1 aromatic carbocycles. The number of hydrogen-bond acceptors (Lipinski definition) is 3. The molecule has 0 aliphatic rings. The van der Waals surface area contributed by atoms with E-state index in [9.17, 15) is 0 Å². The largest absolute Gasteiger partial charge is 0.354 e. The standard InChI is InChI=1S/C20H32N6.HI/c1-16(9-10-20(2,3)4)25-19(21-5)23-12-17-7-6-8-18(11-17)13-26-15-22-14-24-26;/h6-8,11,14-16H,9-10,12-13H2,1-5H3,(H2,21,23,25);1H. The third kappa shape index (κ3) is 9.21. The smallest absolute Gasteiger partial charge is 0.191 e. The lowest BCUT2D eigenvalue weighted by atomic mass is 9.89. The minimum atomic E-state index is 0. The van der Waals surface area contributed by atoms with Crippen molar-refractivity contribution in [3.63, 3.8) is 0 Å². The van der Waals surface area contributed by atoms with Crippen molar-refractivity contribution in [3.05, 3.63) is 48.0 Å². The van der Waals surface area contributed by atoms with Crippen LogP contribution in [-0.4, -0.2) is 33.8 Å². The van der Waals surface area contributed by atoms with Gasteiger partial charge in [-0.3, -0.25) is 4.99 Å². The number of guanidine groups is 1. The van der Waals surface area contributed by atoms with Crippen LogP contribution in [0.25, 0.3) is 0 Å². The van der Waals surface area contributed by atoms with Gasteiger partial charge in [0, 0.05) is 19.6 Å². The average Bonchev–Trinajstić information content (AvgIpc) is 3.09. The van der Waals surface area contributed by atoms with Crippen LogP contribution in [0.4, 0.5) is 0 Å². The molecule has 150 valence electrons. The van der Waals surface area contributed by atoms with Crippen molar-refractivity contribution in [1.82, 2.24) is 25.4 Å². The van der Waals surface area contributed by atoms with Crippen LogP contribution in [0.15, 0.2) is 41.9 Å². The summed E-state index contributed by atoms with van der Waals surface area (Å²) in [6, 6.07) is 8.87. The zero-order valence-electron chi connectivity index (χ0n) is 17.1. The van der Waals surface area contributed by atoms with E-state index in [0.717, 1.165) is 25.5 Å². The molecule has 0 spiro atoms. The normalized spacial score (nSPS) is 13.0. The molecule has 1 atom stereocenters. The van der Waals surface area contributed by atoms with Crippen LogP contribution < -0.4 is 10.6 Å². The van der Waals surface area contributed by atoms with Gasteiger partial charge in [-0.1, -0.05) is 45.0 Å². The van der Waals surface area contributed by atoms with E-state index < -0.39 is 0 Å². The zero-order valence-corrected chi connectivity index (χ0v) is 19.4. The third-order valence-electron chi connectivity index (χ3n) is 4.20. The Kier molecular flexibility index (Phi) is 9.76. The minimum Gasteiger partial charge on any atom is -0.354 e. The van der Waals surface area contributed by atoms with Crippen LogP contribution in [-0.2, 0) is 13.1 Å². The van der Waals surface area contributed by atoms with Gasteiger partial charge in [-0.05, 0) is 36.3 Å². The molecular weight excluding hydrogens is 451 g/mol. The Hall–Kier alpha value is -1.64. The third-order valence-corrected chi connectivity index (χ3v) is 4.20. The summed E-state index contributed by atoms with van der Waals surface area (Å²) in [5.74, 6) is 0.841. The Bertz CT molecular complexity index is 691. The lowest BCUT2D eigenvalue weighted by Gasteiger charge is -2.23. The van der Waals surface area contributed by atoms with E-state index in [1.165, 1.54) is 17.5 Å². The first-order valence-electron chi connectivity index (χ1n) is 9.23. The summed E-state index contributed by atoms with van der Waals surface area (Å²) in [6.45, 7) is 10.5. The molecule has 0 bridgehead atoms. The highest BCUT2D eigenvalue weighted by molar-refractivity contribution is 14.0. The van der Waals surface area contributed by atoms with E-state index in [2.05, 4.69) is 77.7 Å². The maximum Gasteiger partial charge on any atom is 0.191 e. The molecule has 7 heteroatoms.